The third-order valence-electron chi connectivity index (χ3n) is 5.25. The van der Waals surface area contributed by atoms with Crippen molar-refractivity contribution in [2.45, 2.75) is 24.8 Å². The largest absolute Gasteiger partial charge is 0.381 e. The number of carbonyl (C=O) groups excluding carboxylic acids is 1. The molecule has 4 nitrogen and oxygen atoms in total. The van der Waals surface area contributed by atoms with Crippen molar-refractivity contribution < 1.29 is 9.53 Å². The molecule has 27 heavy (non-hydrogen) atoms. The summed E-state index contributed by atoms with van der Waals surface area (Å²) in [6.07, 6.45) is 1.45. The molecule has 2 aromatic rings. The molecule has 1 heterocycles. The van der Waals surface area contributed by atoms with Gasteiger partial charge in [-0.15, -0.1) is 0 Å². The third-order valence-corrected chi connectivity index (χ3v) is 5.78. The van der Waals surface area contributed by atoms with Crippen LogP contribution in [0.1, 0.15) is 24.0 Å². The van der Waals surface area contributed by atoms with E-state index >= 15 is 0 Å². The minimum atomic E-state index is -0.489. The summed E-state index contributed by atoms with van der Waals surface area (Å²) in [6.45, 7) is 3.58. The second-order valence-corrected chi connectivity index (χ2v) is 8.10. The van der Waals surface area contributed by atoms with E-state index in [1.807, 2.05) is 18.2 Å². The Labute approximate surface area is 170 Å². The van der Waals surface area contributed by atoms with Gasteiger partial charge in [0.1, 0.15) is 0 Å². The van der Waals surface area contributed by atoms with Gasteiger partial charge in [-0.2, -0.15) is 0 Å². The summed E-state index contributed by atoms with van der Waals surface area (Å²) in [5.74, 6) is 0.112. The van der Waals surface area contributed by atoms with E-state index in [2.05, 4.69) is 69.6 Å². The SMILES string of the molecule is CN(CCNC(=O)C1(c2ccc(Br)cc2)CCOCC1)Cc1ccccc1. The normalized spacial score (nSPS) is 16.3. The maximum atomic E-state index is 13.1. The van der Waals surface area contributed by atoms with Crippen molar-refractivity contribution in [1.29, 1.82) is 0 Å². The molecule has 0 aliphatic carbocycles. The van der Waals surface area contributed by atoms with E-state index in [0.717, 1.165) is 36.0 Å². The van der Waals surface area contributed by atoms with E-state index in [4.69, 9.17) is 4.74 Å². The average Bonchev–Trinajstić information content (AvgIpc) is 2.69. The maximum absolute atomic E-state index is 13.1. The van der Waals surface area contributed by atoms with Gasteiger partial charge in [-0.1, -0.05) is 58.4 Å². The van der Waals surface area contributed by atoms with Gasteiger partial charge >= 0.3 is 0 Å². The zero-order valence-corrected chi connectivity index (χ0v) is 17.4. The molecule has 0 radical (unpaired) electrons. The zero-order chi connectivity index (χ0) is 19.1. The van der Waals surface area contributed by atoms with E-state index in [9.17, 15) is 4.79 Å². The van der Waals surface area contributed by atoms with Crippen LogP contribution in [0.3, 0.4) is 0 Å². The minimum Gasteiger partial charge on any atom is -0.381 e. The highest BCUT2D eigenvalue weighted by molar-refractivity contribution is 9.10. The second kappa shape index (κ2) is 9.49. The summed E-state index contributed by atoms with van der Waals surface area (Å²) in [5.41, 5.74) is 1.86. The predicted octanol–water partition coefficient (Wildman–Crippen LogP) is 3.75. The molecule has 1 amide bonds. The summed E-state index contributed by atoms with van der Waals surface area (Å²) in [4.78, 5) is 15.4. The van der Waals surface area contributed by atoms with Crippen LogP contribution in [0.4, 0.5) is 0 Å². The Morgan fingerprint density at radius 2 is 1.78 bits per heavy atom. The fourth-order valence-corrected chi connectivity index (χ4v) is 3.90. The smallest absolute Gasteiger partial charge is 0.230 e. The molecule has 0 unspecified atom stereocenters. The number of likely N-dealkylation sites (N-methyl/N-ethyl adjacent to an activating group) is 1. The molecule has 0 bridgehead atoms. The van der Waals surface area contributed by atoms with Gasteiger partial charge in [0.15, 0.2) is 0 Å². The lowest BCUT2D eigenvalue weighted by molar-refractivity contribution is -0.130. The van der Waals surface area contributed by atoms with Gasteiger partial charge in [-0.3, -0.25) is 4.79 Å². The minimum absolute atomic E-state index is 0.112. The summed E-state index contributed by atoms with van der Waals surface area (Å²) in [5, 5.41) is 3.18. The molecule has 1 aliphatic rings. The number of nitrogens with zero attached hydrogens (tertiary/aromatic N) is 1. The maximum Gasteiger partial charge on any atom is 0.230 e. The number of rotatable bonds is 7. The molecule has 1 aliphatic heterocycles. The number of halogens is 1. The number of amides is 1. The van der Waals surface area contributed by atoms with Crippen molar-refractivity contribution >= 4 is 21.8 Å². The van der Waals surface area contributed by atoms with Crippen LogP contribution < -0.4 is 5.32 Å². The lowest BCUT2D eigenvalue weighted by Crippen LogP contribution is -2.49. The molecule has 1 N–H and O–H groups in total. The van der Waals surface area contributed by atoms with Gasteiger partial charge < -0.3 is 15.0 Å². The molecular formula is C22H27BrN2O2. The molecule has 0 aromatic heterocycles. The van der Waals surface area contributed by atoms with Crippen LogP contribution in [-0.4, -0.2) is 44.2 Å². The number of ether oxygens (including phenoxy) is 1. The van der Waals surface area contributed by atoms with E-state index in [1.165, 1.54) is 5.56 Å². The van der Waals surface area contributed by atoms with Crippen LogP contribution in [0.2, 0.25) is 0 Å². The molecule has 1 fully saturated rings. The van der Waals surface area contributed by atoms with Crippen molar-refractivity contribution in [2.75, 3.05) is 33.4 Å². The van der Waals surface area contributed by atoms with Crippen LogP contribution in [-0.2, 0) is 21.5 Å². The van der Waals surface area contributed by atoms with Gasteiger partial charge in [0.05, 0.1) is 5.41 Å². The van der Waals surface area contributed by atoms with E-state index < -0.39 is 5.41 Å². The highest BCUT2D eigenvalue weighted by Gasteiger charge is 2.41. The first kappa shape index (κ1) is 20.1. The van der Waals surface area contributed by atoms with Crippen LogP contribution in [0.5, 0.6) is 0 Å². The summed E-state index contributed by atoms with van der Waals surface area (Å²) in [7, 11) is 2.08. The lowest BCUT2D eigenvalue weighted by atomic mass is 9.73. The number of benzene rings is 2. The summed E-state index contributed by atoms with van der Waals surface area (Å²) < 4.78 is 6.56. The van der Waals surface area contributed by atoms with Crippen molar-refractivity contribution in [2.24, 2.45) is 0 Å². The lowest BCUT2D eigenvalue weighted by Gasteiger charge is -2.36. The predicted molar refractivity (Wildman–Crippen MR) is 112 cm³/mol. The van der Waals surface area contributed by atoms with Crippen LogP contribution in [0, 0.1) is 0 Å². The highest BCUT2D eigenvalue weighted by atomic mass is 79.9. The molecule has 144 valence electrons. The second-order valence-electron chi connectivity index (χ2n) is 7.18. The van der Waals surface area contributed by atoms with Gasteiger partial charge in [-0.05, 0) is 43.1 Å². The Bertz CT molecular complexity index is 728. The van der Waals surface area contributed by atoms with Crippen molar-refractivity contribution in [3.8, 4) is 0 Å². The number of hydrogen-bond acceptors (Lipinski definition) is 3. The monoisotopic (exact) mass is 430 g/mol. The average molecular weight is 431 g/mol. The topological polar surface area (TPSA) is 41.6 Å². The van der Waals surface area contributed by atoms with Crippen LogP contribution in [0.15, 0.2) is 59.1 Å². The molecule has 0 spiro atoms. The summed E-state index contributed by atoms with van der Waals surface area (Å²) >= 11 is 3.48. The Kier molecular flexibility index (Phi) is 7.05. The molecule has 3 rings (SSSR count). The van der Waals surface area contributed by atoms with Crippen molar-refractivity contribution in [1.82, 2.24) is 10.2 Å². The third kappa shape index (κ3) is 5.18. The Balaban J connectivity index is 1.59. The van der Waals surface area contributed by atoms with Crippen LogP contribution >= 0.6 is 15.9 Å². The Hall–Kier alpha value is -1.69. The molecule has 5 heteroatoms. The fourth-order valence-electron chi connectivity index (χ4n) is 3.64. The van der Waals surface area contributed by atoms with Gasteiger partial charge in [0.2, 0.25) is 5.91 Å². The standard InChI is InChI=1S/C22H27BrN2O2/c1-25(17-18-5-3-2-4-6-18)14-13-24-21(26)22(11-15-27-16-12-22)19-7-9-20(23)10-8-19/h2-10H,11-17H2,1H3,(H,24,26). The summed E-state index contributed by atoms with van der Waals surface area (Å²) in [6, 6.07) is 18.5. The molecule has 0 saturated carbocycles. The van der Waals surface area contributed by atoms with Gasteiger partial charge in [0, 0.05) is 37.3 Å². The van der Waals surface area contributed by atoms with E-state index in [0.29, 0.717) is 19.8 Å². The molecular weight excluding hydrogens is 404 g/mol. The first-order valence-electron chi connectivity index (χ1n) is 9.45. The Morgan fingerprint density at radius 1 is 1.11 bits per heavy atom. The number of nitrogens with one attached hydrogen (secondary N) is 1. The van der Waals surface area contributed by atoms with E-state index in [-0.39, 0.29) is 5.91 Å². The first-order valence-corrected chi connectivity index (χ1v) is 10.2. The fraction of sp³-hybridized carbons (Fsp3) is 0.409. The highest BCUT2D eigenvalue weighted by Crippen LogP contribution is 2.35. The number of carbonyl (C=O) groups is 1. The first-order chi connectivity index (χ1) is 13.1. The quantitative estimate of drug-likeness (QED) is 0.726. The van der Waals surface area contributed by atoms with Crippen molar-refractivity contribution in [3.05, 3.63) is 70.2 Å². The number of hydrogen-bond donors (Lipinski definition) is 1. The zero-order valence-electron chi connectivity index (χ0n) is 15.8. The Morgan fingerprint density at radius 3 is 2.44 bits per heavy atom. The van der Waals surface area contributed by atoms with Gasteiger partial charge in [-0.25, -0.2) is 0 Å². The molecule has 1 saturated heterocycles. The molecule has 0 atom stereocenters. The van der Waals surface area contributed by atoms with Crippen LogP contribution in [0.25, 0.3) is 0 Å². The molecule has 2 aromatic carbocycles. The van der Waals surface area contributed by atoms with E-state index in [1.54, 1.807) is 0 Å². The van der Waals surface area contributed by atoms with Crippen molar-refractivity contribution in [3.63, 3.8) is 0 Å². The van der Waals surface area contributed by atoms with Gasteiger partial charge in [0.25, 0.3) is 0 Å².